The van der Waals surface area contributed by atoms with Crippen molar-refractivity contribution in [1.82, 2.24) is 10.2 Å². The van der Waals surface area contributed by atoms with Gasteiger partial charge in [0.15, 0.2) is 6.61 Å². The largest absolute Gasteiger partial charge is 0.482 e. The number of benzene rings is 2. The lowest BCUT2D eigenvalue weighted by Gasteiger charge is -2.29. The van der Waals surface area contributed by atoms with E-state index in [1.54, 1.807) is 36.1 Å². The quantitative estimate of drug-likeness (QED) is 0.673. The van der Waals surface area contributed by atoms with E-state index < -0.39 is 6.04 Å². The number of rotatable bonds is 8. The Morgan fingerprint density at radius 3 is 2.60 bits per heavy atom. The SMILES string of the molecule is Cc1cccc(CN(C(=O)COc2ccccc2Cl)C(C)C(=O)NC2CCCC2)c1. The first-order valence-electron chi connectivity index (χ1n) is 10.5. The van der Waals surface area contributed by atoms with Gasteiger partial charge in [-0.2, -0.15) is 0 Å². The summed E-state index contributed by atoms with van der Waals surface area (Å²) in [5, 5.41) is 3.55. The Labute approximate surface area is 183 Å². The van der Waals surface area contributed by atoms with Crippen LogP contribution in [0.2, 0.25) is 5.02 Å². The van der Waals surface area contributed by atoms with E-state index >= 15 is 0 Å². The summed E-state index contributed by atoms with van der Waals surface area (Å²) in [6, 6.07) is 14.6. The Balaban J connectivity index is 1.72. The van der Waals surface area contributed by atoms with Gasteiger partial charge in [-0.05, 0) is 44.4 Å². The number of ether oxygens (including phenoxy) is 1. The number of hydrogen-bond donors (Lipinski definition) is 1. The number of amides is 2. The summed E-state index contributed by atoms with van der Waals surface area (Å²) in [6.45, 7) is 3.93. The number of nitrogens with one attached hydrogen (secondary N) is 1. The molecular formula is C24H29ClN2O3. The number of hydrogen-bond acceptors (Lipinski definition) is 3. The van der Waals surface area contributed by atoms with Gasteiger partial charge in [-0.3, -0.25) is 9.59 Å². The van der Waals surface area contributed by atoms with Gasteiger partial charge in [0.1, 0.15) is 11.8 Å². The standard InChI is InChI=1S/C24H29ClN2O3/c1-17-8-7-9-19(14-17)15-27(18(2)24(29)26-20-10-3-4-11-20)23(28)16-30-22-13-6-5-12-21(22)25/h5-9,12-14,18,20H,3-4,10-11,15-16H2,1-2H3,(H,26,29). The first kappa shape index (κ1) is 22.2. The minimum Gasteiger partial charge on any atom is -0.482 e. The van der Waals surface area contributed by atoms with E-state index in [2.05, 4.69) is 5.32 Å². The molecule has 1 unspecified atom stereocenters. The molecule has 1 fully saturated rings. The molecule has 0 radical (unpaired) electrons. The topological polar surface area (TPSA) is 58.6 Å². The molecule has 1 N–H and O–H groups in total. The highest BCUT2D eigenvalue weighted by Crippen LogP contribution is 2.23. The van der Waals surface area contributed by atoms with E-state index in [-0.39, 0.29) is 24.5 Å². The predicted octanol–water partition coefficient (Wildman–Crippen LogP) is 4.50. The summed E-state index contributed by atoms with van der Waals surface area (Å²) >= 11 is 6.13. The highest BCUT2D eigenvalue weighted by Gasteiger charge is 2.28. The first-order valence-corrected chi connectivity index (χ1v) is 10.8. The van der Waals surface area contributed by atoms with E-state index in [1.807, 2.05) is 31.2 Å². The average molecular weight is 429 g/mol. The Kier molecular flexibility index (Phi) is 7.75. The van der Waals surface area contributed by atoms with Gasteiger partial charge in [0.2, 0.25) is 5.91 Å². The monoisotopic (exact) mass is 428 g/mol. The molecule has 1 aliphatic carbocycles. The van der Waals surface area contributed by atoms with Gasteiger partial charge in [-0.25, -0.2) is 0 Å². The molecule has 0 spiro atoms. The zero-order valence-corrected chi connectivity index (χ0v) is 18.3. The summed E-state index contributed by atoms with van der Waals surface area (Å²) in [6.07, 6.45) is 4.27. The molecule has 160 valence electrons. The van der Waals surface area contributed by atoms with Crippen LogP contribution in [0, 0.1) is 6.92 Å². The van der Waals surface area contributed by atoms with Crippen molar-refractivity contribution in [1.29, 1.82) is 0 Å². The van der Waals surface area contributed by atoms with Crippen molar-refractivity contribution >= 4 is 23.4 Å². The number of aryl methyl sites for hydroxylation is 1. The van der Waals surface area contributed by atoms with E-state index in [0.717, 1.165) is 36.8 Å². The number of carbonyl (C=O) groups is 2. The molecular weight excluding hydrogens is 400 g/mol. The Morgan fingerprint density at radius 1 is 1.17 bits per heavy atom. The van der Waals surface area contributed by atoms with Crippen LogP contribution in [0.25, 0.3) is 0 Å². The highest BCUT2D eigenvalue weighted by atomic mass is 35.5. The molecule has 1 aliphatic rings. The minimum atomic E-state index is -0.603. The van der Waals surface area contributed by atoms with Crippen LogP contribution < -0.4 is 10.1 Å². The first-order chi connectivity index (χ1) is 14.4. The van der Waals surface area contributed by atoms with Crippen LogP contribution in [0.5, 0.6) is 5.75 Å². The second kappa shape index (κ2) is 10.5. The van der Waals surface area contributed by atoms with Gasteiger partial charge in [0.25, 0.3) is 5.91 Å². The van der Waals surface area contributed by atoms with Crippen molar-refractivity contribution in [3.8, 4) is 5.75 Å². The van der Waals surface area contributed by atoms with E-state index in [9.17, 15) is 9.59 Å². The van der Waals surface area contributed by atoms with E-state index in [0.29, 0.717) is 17.3 Å². The van der Waals surface area contributed by atoms with Crippen LogP contribution >= 0.6 is 11.6 Å². The lowest BCUT2D eigenvalue weighted by Crippen LogP contribution is -2.50. The predicted molar refractivity (Wildman–Crippen MR) is 119 cm³/mol. The van der Waals surface area contributed by atoms with Crippen LogP contribution in [0.15, 0.2) is 48.5 Å². The fraction of sp³-hybridized carbons (Fsp3) is 0.417. The maximum atomic E-state index is 13.1. The zero-order valence-electron chi connectivity index (χ0n) is 17.6. The molecule has 5 nitrogen and oxygen atoms in total. The molecule has 0 heterocycles. The Hall–Kier alpha value is -2.53. The molecule has 2 amide bonds. The van der Waals surface area contributed by atoms with Crippen LogP contribution in [0.1, 0.15) is 43.7 Å². The molecule has 2 aromatic carbocycles. The third-order valence-electron chi connectivity index (χ3n) is 5.49. The normalized spacial score (nSPS) is 14.9. The van der Waals surface area contributed by atoms with Crippen LogP contribution in [-0.4, -0.2) is 35.4 Å². The zero-order chi connectivity index (χ0) is 21.5. The number of nitrogens with zero attached hydrogens (tertiary/aromatic N) is 1. The van der Waals surface area contributed by atoms with Gasteiger partial charge >= 0.3 is 0 Å². The molecule has 0 saturated heterocycles. The van der Waals surface area contributed by atoms with E-state index in [4.69, 9.17) is 16.3 Å². The van der Waals surface area contributed by atoms with Crippen LogP contribution in [0.4, 0.5) is 0 Å². The lowest BCUT2D eigenvalue weighted by atomic mass is 10.1. The fourth-order valence-corrected chi connectivity index (χ4v) is 3.96. The average Bonchev–Trinajstić information content (AvgIpc) is 3.24. The smallest absolute Gasteiger partial charge is 0.261 e. The van der Waals surface area contributed by atoms with Crippen LogP contribution in [-0.2, 0) is 16.1 Å². The molecule has 30 heavy (non-hydrogen) atoms. The molecule has 0 aromatic heterocycles. The van der Waals surface area contributed by atoms with Crippen molar-refractivity contribution in [2.75, 3.05) is 6.61 Å². The van der Waals surface area contributed by atoms with Crippen molar-refractivity contribution in [3.05, 3.63) is 64.7 Å². The molecule has 0 aliphatic heterocycles. The number of halogens is 1. The summed E-state index contributed by atoms with van der Waals surface area (Å²) < 4.78 is 5.65. The van der Waals surface area contributed by atoms with Crippen molar-refractivity contribution in [2.45, 2.75) is 58.2 Å². The third-order valence-corrected chi connectivity index (χ3v) is 5.80. The number of para-hydroxylation sites is 1. The van der Waals surface area contributed by atoms with Crippen molar-refractivity contribution in [3.63, 3.8) is 0 Å². The summed E-state index contributed by atoms with van der Waals surface area (Å²) in [5.41, 5.74) is 2.08. The molecule has 1 saturated carbocycles. The summed E-state index contributed by atoms with van der Waals surface area (Å²) in [7, 11) is 0. The highest BCUT2D eigenvalue weighted by molar-refractivity contribution is 6.32. The van der Waals surface area contributed by atoms with Gasteiger partial charge in [0, 0.05) is 12.6 Å². The maximum absolute atomic E-state index is 13.1. The third kappa shape index (κ3) is 5.99. The molecule has 6 heteroatoms. The van der Waals surface area contributed by atoms with Gasteiger partial charge in [-0.15, -0.1) is 0 Å². The van der Waals surface area contributed by atoms with Crippen molar-refractivity contribution in [2.24, 2.45) is 0 Å². The van der Waals surface area contributed by atoms with Crippen molar-refractivity contribution < 1.29 is 14.3 Å². The lowest BCUT2D eigenvalue weighted by molar-refractivity contribution is -0.142. The second-order valence-electron chi connectivity index (χ2n) is 7.90. The minimum absolute atomic E-state index is 0.124. The summed E-state index contributed by atoms with van der Waals surface area (Å²) in [4.78, 5) is 27.5. The summed E-state index contributed by atoms with van der Waals surface area (Å²) in [5.74, 6) is 0.0669. The van der Waals surface area contributed by atoms with Gasteiger partial charge in [-0.1, -0.05) is 66.4 Å². The molecule has 3 rings (SSSR count). The van der Waals surface area contributed by atoms with Crippen LogP contribution in [0.3, 0.4) is 0 Å². The Morgan fingerprint density at radius 2 is 1.90 bits per heavy atom. The van der Waals surface area contributed by atoms with E-state index in [1.165, 1.54) is 0 Å². The molecule has 0 bridgehead atoms. The number of carbonyl (C=O) groups excluding carboxylic acids is 2. The Bertz CT molecular complexity index is 880. The molecule has 1 atom stereocenters. The maximum Gasteiger partial charge on any atom is 0.261 e. The van der Waals surface area contributed by atoms with Gasteiger partial charge < -0.3 is 15.0 Å². The molecule has 2 aromatic rings. The second-order valence-corrected chi connectivity index (χ2v) is 8.30. The fourth-order valence-electron chi connectivity index (χ4n) is 3.77. The van der Waals surface area contributed by atoms with Gasteiger partial charge in [0.05, 0.1) is 5.02 Å².